The summed E-state index contributed by atoms with van der Waals surface area (Å²) in [5.41, 5.74) is 4.32. The third kappa shape index (κ3) is 8.44. The van der Waals surface area contributed by atoms with Crippen molar-refractivity contribution in [3.05, 3.63) is 72.4 Å². The maximum Gasteiger partial charge on any atom is 0.407 e. The van der Waals surface area contributed by atoms with Crippen molar-refractivity contribution in [2.75, 3.05) is 13.2 Å². The van der Waals surface area contributed by atoms with E-state index in [0.29, 0.717) is 18.3 Å². The highest BCUT2D eigenvalue weighted by atomic mass is 16.6. The lowest BCUT2D eigenvalue weighted by Crippen LogP contribution is -2.42. The molecule has 9 nitrogen and oxygen atoms in total. The number of nitrogens with zero attached hydrogens (tertiary/aromatic N) is 4. The normalized spacial score (nSPS) is 16.4. The topological polar surface area (TPSA) is 100 Å². The third-order valence-corrected chi connectivity index (χ3v) is 7.28. The standard InChI is InChI=1S/C35H43N5O4/c1-24(2)18-28(38-34(41)44-35(3,4)5)23-43-29-19-27(21-37-22-29)26-10-12-32-30(20-26)31(11-9-25-13-15-36-16-14-25)39-40(32)33-8-6-7-17-42-33/h9-16,19-22,24,28,33H,6-8,17-18,23H2,1-5H3,(H,38,41)/b11-9+/t28-,33?/m0/s1. The highest BCUT2D eigenvalue weighted by Crippen LogP contribution is 2.33. The fourth-order valence-electron chi connectivity index (χ4n) is 5.32. The molecule has 1 aromatic carbocycles. The molecule has 1 unspecified atom stereocenters. The summed E-state index contributed by atoms with van der Waals surface area (Å²) >= 11 is 0. The first-order chi connectivity index (χ1) is 21.1. The molecule has 232 valence electrons. The molecule has 3 aromatic heterocycles. The molecule has 1 aliphatic heterocycles. The predicted molar refractivity (Wildman–Crippen MR) is 173 cm³/mol. The van der Waals surface area contributed by atoms with Crippen molar-refractivity contribution in [3.63, 3.8) is 0 Å². The number of fused-ring (bicyclic) bond motifs is 1. The van der Waals surface area contributed by atoms with E-state index in [1.807, 2.05) is 55.9 Å². The zero-order chi connectivity index (χ0) is 31.1. The van der Waals surface area contributed by atoms with Crippen LogP contribution in [-0.2, 0) is 9.47 Å². The molecule has 1 saturated heterocycles. The number of nitrogens with one attached hydrogen (secondary N) is 1. The molecule has 5 rings (SSSR count). The van der Waals surface area contributed by atoms with Crippen LogP contribution < -0.4 is 10.1 Å². The van der Waals surface area contributed by atoms with Crippen molar-refractivity contribution in [1.29, 1.82) is 0 Å². The van der Waals surface area contributed by atoms with Gasteiger partial charge in [-0.2, -0.15) is 5.10 Å². The fourth-order valence-corrected chi connectivity index (χ4v) is 5.32. The summed E-state index contributed by atoms with van der Waals surface area (Å²) in [6.07, 6.45) is 14.6. The number of amides is 1. The highest BCUT2D eigenvalue weighted by Gasteiger charge is 2.22. The lowest BCUT2D eigenvalue weighted by atomic mass is 10.0. The van der Waals surface area contributed by atoms with Crippen LogP contribution in [0.15, 0.2) is 61.2 Å². The van der Waals surface area contributed by atoms with Gasteiger partial charge in [0.2, 0.25) is 0 Å². The van der Waals surface area contributed by atoms with Crippen LogP contribution in [0.5, 0.6) is 5.75 Å². The molecule has 2 atom stereocenters. The van der Waals surface area contributed by atoms with E-state index >= 15 is 0 Å². The van der Waals surface area contributed by atoms with Crippen LogP contribution in [0.3, 0.4) is 0 Å². The Balaban J connectivity index is 1.39. The number of carbonyl (C=O) groups is 1. The van der Waals surface area contributed by atoms with Crippen LogP contribution in [0.1, 0.15) is 77.8 Å². The van der Waals surface area contributed by atoms with Crippen LogP contribution in [-0.4, -0.2) is 50.7 Å². The molecule has 9 heteroatoms. The minimum Gasteiger partial charge on any atom is -0.490 e. The second-order valence-corrected chi connectivity index (χ2v) is 12.7. The van der Waals surface area contributed by atoms with Crippen molar-refractivity contribution in [2.45, 2.75) is 78.2 Å². The molecular formula is C35H43N5O4. The molecule has 4 heterocycles. The Morgan fingerprint density at radius 1 is 1.07 bits per heavy atom. The first-order valence-electron chi connectivity index (χ1n) is 15.4. The van der Waals surface area contributed by atoms with E-state index in [4.69, 9.17) is 19.3 Å². The minimum absolute atomic E-state index is 0.0772. The summed E-state index contributed by atoms with van der Waals surface area (Å²) in [7, 11) is 0. The van der Waals surface area contributed by atoms with Gasteiger partial charge in [-0.05, 0) is 99.9 Å². The average Bonchev–Trinajstić information content (AvgIpc) is 3.36. The molecule has 1 fully saturated rings. The van der Waals surface area contributed by atoms with Gasteiger partial charge < -0.3 is 19.5 Å². The summed E-state index contributed by atoms with van der Waals surface area (Å²) in [6, 6.07) is 12.1. The van der Waals surface area contributed by atoms with Crippen LogP contribution in [0.25, 0.3) is 34.2 Å². The largest absolute Gasteiger partial charge is 0.490 e. The number of carbonyl (C=O) groups excluding carboxylic acids is 1. The number of rotatable bonds is 10. The smallest absolute Gasteiger partial charge is 0.407 e. The SMILES string of the molecule is CC(C)C[C@@H](COc1cncc(-c2ccc3c(c2)c(/C=C/c2ccncc2)nn3C2CCCCO2)c1)NC(=O)OC(C)(C)C. The van der Waals surface area contributed by atoms with Crippen LogP contribution in [0, 0.1) is 5.92 Å². The summed E-state index contributed by atoms with van der Waals surface area (Å²) in [5, 5.41) is 9.00. The Kier molecular flexibility index (Phi) is 9.95. The lowest BCUT2D eigenvalue weighted by Gasteiger charge is -2.24. The average molecular weight is 598 g/mol. The Hall–Kier alpha value is -4.24. The number of aromatic nitrogens is 4. The van der Waals surface area contributed by atoms with Gasteiger partial charge in [0.1, 0.15) is 18.0 Å². The van der Waals surface area contributed by atoms with Gasteiger partial charge in [0, 0.05) is 36.1 Å². The van der Waals surface area contributed by atoms with E-state index < -0.39 is 11.7 Å². The molecule has 1 amide bonds. The minimum atomic E-state index is -0.568. The predicted octanol–water partition coefficient (Wildman–Crippen LogP) is 7.68. The van der Waals surface area contributed by atoms with Crippen LogP contribution in [0.2, 0.25) is 0 Å². The summed E-state index contributed by atoms with van der Waals surface area (Å²) < 4.78 is 19.8. The Morgan fingerprint density at radius 2 is 1.89 bits per heavy atom. The Labute approximate surface area is 259 Å². The number of hydrogen-bond donors (Lipinski definition) is 1. The Morgan fingerprint density at radius 3 is 2.61 bits per heavy atom. The highest BCUT2D eigenvalue weighted by molar-refractivity contribution is 5.93. The van der Waals surface area contributed by atoms with E-state index in [1.54, 1.807) is 18.6 Å². The van der Waals surface area contributed by atoms with Gasteiger partial charge in [0.15, 0.2) is 6.23 Å². The molecule has 1 N–H and O–H groups in total. The van der Waals surface area contributed by atoms with Crippen molar-refractivity contribution < 1.29 is 19.0 Å². The zero-order valence-electron chi connectivity index (χ0n) is 26.3. The summed E-state index contributed by atoms with van der Waals surface area (Å²) in [4.78, 5) is 21.0. The number of hydrogen-bond acceptors (Lipinski definition) is 7. The monoisotopic (exact) mass is 597 g/mol. The first-order valence-corrected chi connectivity index (χ1v) is 15.4. The molecule has 0 aliphatic carbocycles. The molecule has 0 bridgehead atoms. The summed E-state index contributed by atoms with van der Waals surface area (Å²) in [5.74, 6) is 1.00. The molecule has 0 saturated carbocycles. The van der Waals surface area contributed by atoms with Crippen molar-refractivity contribution >= 4 is 29.1 Å². The summed E-state index contributed by atoms with van der Waals surface area (Å²) in [6.45, 7) is 10.8. The van der Waals surface area contributed by atoms with Crippen molar-refractivity contribution in [1.82, 2.24) is 25.1 Å². The first kappa shape index (κ1) is 31.2. The maximum atomic E-state index is 12.4. The number of alkyl carbamates (subject to hydrolysis) is 1. The van der Waals surface area contributed by atoms with Crippen LogP contribution >= 0.6 is 0 Å². The van der Waals surface area contributed by atoms with Gasteiger partial charge in [0.05, 0.1) is 23.4 Å². The zero-order valence-corrected chi connectivity index (χ0v) is 26.3. The van der Waals surface area contributed by atoms with E-state index in [-0.39, 0.29) is 12.3 Å². The van der Waals surface area contributed by atoms with E-state index in [0.717, 1.165) is 65.6 Å². The third-order valence-electron chi connectivity index (χ3n) is 7.28. The van der Waals surface area contributed by atoms with E-state index in [9.17, 15) is 4.79 Å². The number of ether oxygens (including phenoxy) is 3. The van der Waals surface area contributed by atoms with Gasteiger partial charge in [-0.25, -0.2) is 9.48 Å². The molecule has 0 spiro atoms. The number of pyridine rings is 2. The molecule has 44 heavy (non-hydrogen) atoms. The lowest BCUT2D eigenvalue weighted by molar-refractivity contribution is -0.0367. The van der Waals surface area contributed by atoms with Crippen molar-refractivity contribution in [2.24, 2.45) is 5.92 Å². The van der Waals surface area contributed by atoms with Gasteiger partial charge in [0.25, 0.3) is 0 Å². The van der Waals surface area contributed by atoms with Gasteiger partial charge in [-0.15, -0.1) is 0 Å². The Bertz CT molecular complexity index is 1570. The van der Waals surface area contributed by atoms with Crippen molar-refractivity contribution in [3.8, 4) is 16.9 Å². The van der Waals surface area contributed by atoms with Gasteiger partial charge >= 0.3 is 6.09 Å². The molecule has 1 aliphatic rings. The van der Waals surface area contributed by atoms with Gasteiger partial charge in [-0.3, -0.25) is 9.97 Å². The van der Waals surface area contributed by atoms with E-state index in [1.165, 1.54) is 0 Å². The second-order valence-electron chi connectivity index (χ2n) is 12.7. The molecular weight excluding hydrogens is 554 g/mol. The van der Waals surface area contributed by atoms with E-state index in [2.05, 4.69) is 53.4 Å². The maximum absolute atomic E-state index is 12.4. The molecule has 0 radical (unpaired) electrons. The van der Waals surface area contributed by atoms with Crippen LogP contribution in [0.4, 0.5) is 4.79 Å². The van der Waals surface area contributed by atoms with Gasteiger partial charge in [-0.1, -0.05) is 26.0 Å². The fraction of sp³-hybridized carbons (Fsp3) is 0.429. The molecule has 4 aromatic rings. The second kappa shape index (κ2) is 14.0. The quantitative estimate of drug-likeness (QED) is 0.200. The number of benzene rings is 1.